The van der Waals surface area contributed by atoms with Crippen LogP contribution in [0.15, 0.2) is 35.7 Å². The highest BCUT2D eigenvalue weighted by Gasteiger charge is 2.15. The number of hydrogen-bond donors (Lipinski definition) is 0. The minimum atomic E-state index is -0.457. The van der Waals surface area contributed by atoms with Crippen molar-refractivity contribution in [1.29, 1.82) is 0 Å². The third-order valence-corrected chi connectivity index (χ3v) is 3.77. The van der Waals surface area contributed by atoms with Gasteiger partial charge in [-0.25, -0.2) is 0 Å². The molecular formula is C14H9NO5S. The van der Waals surface area contributed by atoms with E-state index < -0.39 is 4.92 Å². The van der Waals surface area contributed by atoms with Crippen LogP contribution in [0.2, 0.25) is 0 Å². The molecule has 1 aromatic heterocycles. The number of benzene rings is 1. The lowest BCUT2D eigenvalue weighted by molar-refractivity contribution is -0.380. The monoisotopic (exact) mass is 303 g/mol. The van der Waals surface area contributed by atoms with E-state index in [1.165, 1.54) is 12.1 Å². The van der Waals surface area contributed by atoms with Crippen LogP contribution in [0, 0.1) is 10.1 Å². The van der Waals surface area contributed by atoms with Crippen molar-refractivity contribution in [3.05, 3.63) is 57.0 Å². The molecule has 6 nitrogen and oxygen atoms in total. The van der Waals surface area contributed by atoms with Crippen LogP contribution >= 0.6 is 11.3 Å². The van der Waals surface area contributed by atoms with Crippen LogP contribution < -0.4 is 9.47 Å². The Bertz CT molecular complexity index is 750. The predicted octanol–water partition coefficient (Wildman–Crippen LogP) is 3.28. The largest absolute Gasteiger partial charge is 0.454 e. The standard InChI is InChI=1S/C14H9NO5S/c16-11(3-1-9-5-14(15(17)18)21-7-9)10-2-4-12-13(6-10)20-8-19-12/h1-7H,8H2/b3-1+. The Kier molecular flexibility index (Phi) is 3.41. The number of ketones is 1. The number of nitro groups is 1. The van der Waals surface area contributed by atoms with Crippen LogP contribution in [0.25, 0.3) is 6.08 Å². The number of ether oxygens (including phenoxy) is 2. The van der Waals surface area contributed by atoms with Crippen molar-refractivity contribution in [2.75, 3.05) is 6.79 Å². The SMILES string of the molecule is O=C(/C=C/c1csc([N+](=O)[O-])c1)c1ccc2c(c1)OCO2. The van der Waals surface area contributed by atoms with E-state index in [0.717, 1.165) is 11.3 Å². The van der Waals surface area contributed by atoms with Crippen molar-refractivity contribution in [3.8, 4) is 11.5 Å². The summed E-state index contributed by atoms with van der Waals surface area (Å²) in [6.07, 6.45) is 2.93. The normalized spacial score (nSPS) is 12.8. The van der Waals surface area contributed by atoms with Crippen molar-refractivity contribution in [3.63, 3.8) is 0 Å². The Balaban J connectivity index is 1.76. The molecule has 0 aliphatic carbocycles. The third kappa shape index (κ3) is 2.77. The van der Waals surface area contributed by atoms with E-state index in [1.807, 2.05) is 0 Å². The van der Waals surface area contributed by atoms with Gasteiger partial charge in [-0.3, -0.25) is 14.9 Å². The summed E-state index contributed by atoms with van der Waals surface area (Å²) in [6.45, 7) is 0.154. The number of carbonyl (C=O) groups is 1. The highest BCUT2D eigenvalue weighted by atomic mass is 32.1. The molecule has 0 atom stereocenters. The fraction of sp³-hybridized carbons (Fsp3) is 0.0714. The lowest BCUT2D eigenvalue weighted by Crippen LogP contribution is -1.94. The summed E-state index contributed by atoms with van der Waals surface area (Å²) in [7, 11) is 0. The maximum atomic E-state index is 12.0. The van der Waals surface area contributed by atoms with Gasteiger partial charge in [-0.15, -0.1) is 0 Å². The predicted molar refractivity (Wildman–Crippen MR) is 76.9 cm³/mol. The van der Waals surface area contributed by atoms with Gasteiger partial charge in [0.05, 0.1) is 4.92 Å². The van der Waals surface area contributed by atoms with E-state index in [1.54, 1.807) is 29.7 Å². The highest BCUT2D eigenvalue weighted by Crippen LogP contribution is 2.32. The third-order valence-electron chi connectivity index (χ3n) is 2.87. The summed E-state index contributed by atoms with van der Waals surface area (Å²) in [5.74, 6) is 0.951. The van der Waals surface area contributed by atoms with Crippen molar-refractivity contribution in [2.24, 2.45) is 0 Å². The zero-order chi connectivity index (χ0) is 14.8. The number of allylic oxidation sites excluding steroid dienone is 1. The molecule has 0 bridgehead atoms. The molecule has 0 spiro atoms. The minimum absolute atomic E-state index is 0.0465. The minimum Gasteiger partial charge on any atom is -0.454 e. The number of rotatable bonds is 4. The second kappa shape index (κ2) is 5.37. The van der Waals surface area contributed by atoms with Gasteiger partial charge in [0.1, 0.15) is 0 Å². The fourth-order valence-corrected chi connectivity index (χ4v) is 2.53. The summed E-state index contributed by atoms with van der Waals surface area (Å²) in [6, 6.07) is 6.37. The molecule has 1 aromatic carbocycles. The van der Waals surface area contributed by atoms with Crippen LogP contribution in [0.1, 0.15) is 15.9 Å². The topological polar surface area (TPSA) is 78.7 Å². The molecule has 2 heterocycles. The molecule has 0 saturated heterocycles. The number of nitrogens with zero attached hydrogens (tertiary/aromatic N) is 1. The highest BCUT2D eigenvalue weighted by molar-refractivity contribution is 7.13. The smallest absolute Gasteiger partial charge is 0.324 e. The number of fused-ring (bicyclic) bond motifs is 1. The van der Waals surface area contributed by atoms with Crippen molar-refractivity contribution in [2.45, 2.75) is 0 Å². The van der Waals surface area contributed by atoms with E-state index in [2.05, 4.69) is 0 Å². The van der Waals surface area contributed by atoms with E-state index in [-0.39, 0.29) is 17.6 Å². The van der Waals surface area contributed by atoms with Crippen molar-refractivity contribution < 1.29 is 19.2 Å². The van der Waals surface area contributed by atoms with Gasteiger partial charge in [0.15, 0.2) is 17.3 Å². The maximum Gasteiger partial charge on any atom is 0.324 e. The van der Waals surface area contributed by atoms with Gasteiger partial charge >= 0.3 is 5.00 Å². The summed E-state index contributed by atoms with van der Waals surface area (Å²) < 4.78 is 10.4. The Labute approximate surface area is 123 Å². The Morgan fingerprint density at radius 2 is 2.10 bits per heavy atom. The van der Waals surface area contributed by atoms with Gasteiger partial charge in [0.2, 0.25) is 6.79 Å². The second-order valence-corrected chi connectivity index (χ2v) is 5.13. The fourth-order valence-electron chi connectivity index (χ4n) is 1.84. The van der Waals surface area contributed by atoms with Crippen molar-refractivity contribution in [1.82, 2.24) is 0 Å². The van der Waals surface area contributed by atoms with Crippen LogP contribution in [-0.4, -0.2) is 17.5 Å². The molecule has 1 aliphatic heterocycles. The van der Waals surface area contributed by atoms with E-state index >= 15 is 0 Å². The Morgan fingerprint density at radius 3 is 2.86 bits per heavy atom. The first-order valence-electron chi connectivity index (χ1n) is 5.98. The summed E-state index contributed by atoms with van der Waals surface area (Å²) in [4.78, 5) is 22.2. The first-order valence-corrected chi connectivity index (χ1v) is 6.86. The van der Waals surface area contributed by atoms with Gasteiger partial charge in [0.25, 0.3) is 0 Å². The molecule has 0 saturated carbocycles. The van der Waals surface area contributed by atoms with Gasteiger partial charge < -0.3 is 9.47 Å². The quantitative estimate of drug-likeness (QED) is 0.375. The molecule has 0 radical (unpaired) electrons. The van der Waals surface area contributed by atoms with Gasteiger partial charge in [-0.2, -0.15) is 0 Å². The van der Waals surface area contributed by atoms with Gasteiger partial charge in [0, 0.05) is 17.0 Å². The average molecular weight is 303 g/mol. The molecular weight excluding hydrogens is 294 g/mol. The zero-order valence-electron chi connectivity index (χ0n) is 10.6. The van der Waals surface area contributed by atoms with Gasteiger partial charge in [-0.05, 0) is 35.9 Å². The molecule has 1 aliphatic rings. The van der Waals surface area contributed by atoms with E-state index in [9.17, 15) is 14.9 Å². The molecule has 2 aromatic rings. The lowest BCUT2D eigenvalue weighted by Gasteiger charge is -1.98. The first-order chi connectivity index (χ1) is 10.1. The molecule has 7 heteroatoms. The first kappa shape index (κ1) is 13.3. The Morgan fingerprint density at radius 1 is 1.29 bits per heavy atom. The number of carbonyl (C=O) groups excluding carboxylic acids is 1. The molecule has 106 valence electrons. The number of hydrogen-bond acceptors (Lipinski definition) is 6. The molecule has 3 rings (SSSR count). The summed E-state index contributed by atoms with van der Waals surface area (Å²) in [5.41, 5.74) is 1.10. The van der Waals surface area contributed by atoms with Crippen LogP contribution in [0.3, 0.4) is 0 Å². The Hall–Kier alpha value is -2.67. The molecule has 0 N–H and O–H groups in total. The van der Waals surface area contributed by atoms with E-state index in [0.29, 0.717) is 22.6 Å². The van der Waals surface area contributed by atoms with Crippen LogP contribution in [0.5, 0.6) is 11.5 Å². The summed E-state index contributed by atoms with van der Waals surface area (Å²) >= 11 is 1.02. The van der Waals surface area contributed by atoms with Crippen molar-refractivity contribution >= 4 is 28.2 Å². The van der Waals surface area contributed by atoms with Crippen LogP contribution in [-0.2, 0) is 0 Å². The molecule has 21 heavy (non-hydrogen) atoms. The molecule has 0 amide bonds. The average Bonchev–Trinajstić information content (AvgIpc) is 3.12. The lowest BCUT2D eigenvalue weighted by atomic mass is 10.1. The summed E-state index contributed by atoms with van der Waals surface area (Å²) in [5, 5.41) is 12.3. The van der Waals surface area contributed by atoms with Gasteiger partial charge in [-0.1, -0.05) is 11.3 Å². The molecule has 0 unspecified atom stereocenters. The van der Waals surface area contributed by atoms with Crippen LogP contribution in [0.4, 0.5) is 5.00 Å². The van der Waals surface area contributed by atoms with E-state index in [4.69, 9.17) is 9.47 Å². The zero-order valence-corrected chi connectivity index (χ0v) is 11.5. The molecule has 0 fully saturated rings. The second-order valence-electron chi connectivity index (χ2n) is 4.24. The number of thiophene rings is 1. The maximum absolute atomic E-state index is 12.0.